The topological polar surface area (TPSA) is 82.3 Å². The fraction of sp³-hybridized carbons (Fsp3) is 0.409. The highest BCUT2D eigenvalue weighted by atomic mass is 16.2. The number of anilines is 1. The smallest absolute Gasteiger partial charge is 0.238 e. The van der Waals surface area contributed by atoms with Crippen LogP contribution in [0.1, 0.15) is 55.7 Å². The van der Waals surface area contributed by atoms with Gasteiger partial charge in [0.25, 0.3) is 0 Å². The second-order valence-electron chi connectivity index (χ2n) is 7.60. The van der Waals surface area contributed by atoms with Gasteiger partial charge in [0, 0.05) is 16.9 Å². The Kier molecular flexibility index (Phi) is 6.56. The number of nitrogens with zero attached hydrogens (tertiary/aromatic N) is 1. The lowest BCUT2D eigenvalue weighted by atomic mass is 10.0. The Morgan fingerprint density at radius 1 is 1.00 bits per heavy atom. The van der Waals surface area contributed by atoms with E-state index in [2.05, 4.69) is 10.3 Å². The molecule has 0 aliphatic carbocycles. The molecular formula is C22H29N3O3. The fourth-order valence-electron chi connectivity index (χ4n) is 3.74. The Balaban J connectivity index is 2.03. The summed E-state index contributed by atoms with van der Waals surface area (Å²) < 4.78 is 0. The zero-order valence-corrected chi connectivity index (χ0v) is 17.7. The van der Waals surface area contributed by atoms with Crippen LogP contribution in [-0.4, -0.2) is 47.5 Å². The second kappa shape index (κ2) is 8.52. The van der Waals surface area contributed by atoms with Gasteiger partial charge in [0.2, 0.25) is 5.91 Å². The lowest BCUT2D eigenvalue weighted by molar-refractivity contribution is -0.116. The van der Waals surface area contributed by atoms with Gasteiger partial charge in [-0.15, -0.1) is 0 Å². The van der Waals surface area contributed by atoms with Gasteiger partial charge in [-0.05, 0) is 65.3 Å². The molecule has 2 rings (SSSR count). The van der Waals surface area contributed by atoms with Crippen LogP contribution in [0.25, 0.3) is 0 Å². The molecule has 0 atom stereocenters. The lowest BCUT2D eigenvalue weighted by Gasteiger charge is -2.17. The Morgan fingerprint density at radius 2 is 1.57 bits per heavy atom. The van der Waals surface area contributed by atoms with E-state index in [0.717, 1.165) is 22.4 Å². The molecule has 2 aromatic rings. The van der Waals surface area contributed by atoms with Gasteiger partial charge in [0.05, 0.1) is 18.8 Å². The Labute approximate surface area is 166 Å². The summed E-state index contributed by atoms with van der Waals surface area (Å²) in [5.74, 6) is -0.387. The molecule has 0 saturated heterocycles. The molecule has 1 aromatic heterocycles. The maximum atomic E-state index is 12.6. The number of rotatable bonds is 7. The summed E-state index contributed by atoms with van der Waals surface area (Å²) in [6.07, 6.45) is 0. The number of carbonyl (C=O) groups excluding carboxylic acids is 3. The summed E-state index contributed by atoms with van der Waals surface area (Å²) in [7, 11) is 1.73. The molecule has 0 unspecified atom stereocenters. The van der Waals surface area contributed by atoms with Crippen molar-refractivity contribution >= 4 is 23.2 Å². The predicted molar refractivity (Wildman–Crippen MR) is 111 cm³/mol. The number of nitrogens with one attached hydrogen (secondary N) is 2. The lowest BCUT2D eigenvalue weighted by Crippen LogP contribution is -2.34. The van der Waals surface area contributed by atoms with Crippen molar-refractivity contribution in [1.29, 1.82) is 0 Å². The van der Waals surface area contributed by atoms with Crippen molar-refractivity contribution in [2.45, 2.75) is 41.5 Å². The predicted octanol–water partition coefficient (Wildman–Crippen LogP) is 3.51. The minimum absolute atomic E-state index is 0.0677. The third kappa shape index (κ3) is 4.75. The van der Waals surface area contributed by atoms with Crippen LogP contribution < -0.4 is 5.32 Å². The van der Waals surface area contributed by atoms with Crippen LogP contribution in [0.4, 0.5) is 5.69 Å². The first-order valence-corrected chi connectivity index (χ1v) is 9.30. The number of aryl methyl sites for hydroxylation is 4. The van der Waals surface area contributed by atoms with Gasteiger partial charge < -0.3 is 10.3 Å². The maximum absolute atomic E-state index is 12.6. The van der Waals surface area contributed by atoms with Crippen LogP contribution in [0.2, 0.25) is 0 Å². The van der Waals surface area contributed by atoms with Crippen LogP contribution in [0.3, 0.4) is 0 Å². The number of H-pyrrole nitrogens is 1. The molecule has 0 bridgehead atoms. The Morgan fingerprint density at radius 3 is 2.07 bits per heavy atom. The summed E-state index contributed by atoms with van der Waals surface area (Å²) in [5.41, 5.74) is 6.35. The molecule has 0 fully saturated rings. The molecule has 0 aliphatic heterocycles. The number of likely N-dealkylation sites (N-methyl/N-ethyl adjacent to an activating group) is 1. The first-order chi connectivity index (χ1) is 13.0. The van der Waals surface area contributed by atoms with Crippen molar-refractivity contribution in [3.05, 3.63) is 51.3 Å². The molecule has 1 amide bonds. The second-order valence-corrected chi connectivity index (χ2v) is 7.60. The molecule has 6 nitrogen and oxygen atoms in total. The van der Waals surface area contributed by atoms with Crippen LogP contribution in [0, 0.1) is 34.6 Å². The number of carbonyl (C=O) groups is 3. The van der Waals surface area contributed by atoms with E-state index in [1.807, 2.05) is 32.9 Å². The van der Waals surface area contributed by atoms with Crippen LogP contribution >= 0.6 is 0 Å². The number of benzene rings is 1. The van der Waals surface area contributed by atoms with Crippen LogP contribution in [0.5, 0.6) is 0 Å². The molecule has 28 heavy (non-hydrogen) atoms. The molecule has 2 N–H and O–H groups in total. The van der Waals surface area contributed by atoms with Crippen molar-refractivity contribution in [2.24, 2.45) is 0 Å². The maximum Gasteiger partial charge on any atom is 0.238 e. The highest BCUT2D eigenvalue weighted by Gasteiger charge is 2.21. The summed E-state index contributed by atoms with van der Waals surface area (Å²) in [5, 5.41) is 2.94. The van der Waals surface area contributed by atoms with E-state index in [1.165, 1.54) is 6.92 Å². The molecular weight excluding hydrogens is 354 g/mol. The Bertz CT molecular complexity index is 918. The largest absolute Gasteiger partial charge is 0.355 e. The van der Waals surface area contributed by atoms with E-state index in [9.17, 15) is 14.4 Å². The van der Waals surface area contributed by atoms with Gasteiger partial charge in [0.15, 0.2) is 11.6 Å². The average molecular weight is 383 g/mol. The third-order valence-corrected chi connectivity index (χ3v) is 4.84. The van der Waals surface area contributed by atoms with E-state index >= 15 is 0 Å². The number of ketones is 2. The fourth-order valence-corrected chi connectivity index (χ4v) is 3.74. The zero-order valence-electron chi connectivity index (χ0n) is 17.7. The van der Waals surface area contributed by atoms with E-state index in [0.29, 0.717) is 22.5 Å². The quantitative estimate of drug-likeness (QED) is 0.717. The van der Waals surface area contributed by atoms with Crippen molar-refractivity contribution in [1.82, 2.24) is 9.88 Å². The van der Waals surface area contributed by atoms with Gasteiger partial charge in [0.1, 0.15) is 0 Å². The summed E-state index contributed by atoms with van der Waals surface area (Å²) in [6, 6.07) is 4.05. The molecule has 0 saturated carbocycles. The van der Waals surface area contributed by atoms with E-state index in [4.69, 9.17) is 0 Å². The number of aromatic nitrogens is 1. The van der Waals surface area contributed by atoms with Gasteiger partial charge in [-0.3, -0.25) is 19.3 Å². The van der Waals surface area contributed by atoms with Gasteiger partial charge >= 0.3 is 0 Å². The molecule has 1 heterocycles. The number of amides is 1. The summed E-state index contributed by atoms with van der Waals surface area (Å²) in [6.45, 7) is 11.2. The minimum Gasteiger partial charge on any atom is -0.355 e. The number of Topliss-reactive ketones (excluding diaryl/α,β-unsaturated/α-hetero) is 2. The molecule has 0 aliphatic rings. The Hall–Kier alpha value is -2.73. The molecule has 6 heteroatoms. The molecule has 0 radical (unpaired) electrons. The van der Waals surface area contributed by atoms with Crippen molar-refractivity contribution < 1.29 is 14.4 Å². The van der Waals surface area contributed by atoms with Gasteiger partial charge in [-0.25, -0.2) is 0 Å². The van der Waals surface area contributed by atoms with E-state index in [1.54, 1.807) is 25.8 Å². The van der Waals surface area contributed by atoms with Gasteiger partial charge in [-0.1, -0.05) is 17.7 Å². The van der Waals surface area contributed by atoms with E-state index in [-0.39, 0.29) is 30.6 Å². The van der Waals surface area contributed by atoms with Crippen molar-refractivity contribution in [3.63, 3.8) is 0 Å². The van der Waals surface area contributed by atoms with Crippen LogP contribution in [0.15, 0.2) is 12.1 Å². The highest BCUT2D eigenvalue weighted by Crippen LogP contribution is 2.22. The summed E-state index contributed by atoms with van der Waals surface area (Å²) in [4.78, 5) is 41.5. The monoisotopic (exact) mass is 383 g/mol. The molecule has 0 spiro atoms. The average Bonchev–Trinajstić information content (AvgIpc) is 2.85. The normalized spacial score (nSPS) is 11.0. The summed E-state index contributed by atoms with van der Waals surface area (Å²) >= 11 is 0. The number of hydrogen-bond acceptors (Lipinski definition) is 4. The van der Waals surface area contributed by atoms with E-state index < -0.39 is 0 Å². The SMILES string of the molecule is CC(=O)c1c(C)[nH]c(C(=O)CN(C)CC(=O)Nc2c(C)cc(C)cc2C)c1C. The van der Waals surface area contributed by atoms with Gasteiger partial charge in [-0.2, -0.15) is 0 Å². The highest BCUT2D eigenvalue weighted by molar-refractivity contribution is 6.04. The first-order valence-electron chi connectivity index (χ1n) is 9.30. The minimum atomic E-state index is -0.172. The number of hydrogen-bond donors (Lipinski definition) is 2. The zero-order chi connectivity index (χ0) is 21.2. The van der Waals surface area contributed by atoms with Crippen LogP contribution in [-0.2, 0) is 4.79 Å². The third-order valence-electron chi connectivity index (χ3n) is 4.84. The van der Waals surface area contributed by atoms with Crippen molar-refractivity contribution in [2.75, 3.05) is 25.5 Å². The molecule has 1 aromatic carbocycles. The van der Waals surface area contributed by atoms with Crippen molar-refractivity contribution in [3.8, 4) is 0 Å². The first kappa shape index (κ1) is 21.6. The molecule has 150 valence electrons. The standard InChI is InChI=1S/C22H29N3O3/c1-12-8-13(2)21(14(3)9-12)24-19(28)11-25(7)10-18(27)22-15(4)20(17(6)26)16(5)23-22/h8-9,23H,10-11H2,1-7H3,(H,24,28). The number of aromatic amines is 1.